The van der Waals surface area contributed by atoms with E-state index >= 15 is 0 Å². The van der Waals surface area contributed by atoms with Crippen molar-refractivity contribution in [3.63, 3.8) is 0 Å². The van der Waals surface area contributed by atoms with Gasteiger partial charge in [0.25, 0.3) is 0 Å². The van der Waals surface area contributed by atoms with E-state index in [0.29, 0.717) is 6.04 Å². The van der Waals surface area contributed by atoms with Gasteiger partial charge in [-0.15, -0.1) is 0 Å². The molecule has 11 heavy (non-hydrogen) atoms. The maximum absolute atomic E-state index is 5.96. The molecule has 2 fully saturated rings. The fourth-order valence-electron chi connectivity index (χ4n) is 2.66. The summed E-state index contributed by atoms with van der Waals surface area (Å²) in [6.07, 6.45) is 2.60. The Morgan fingerprint density at radius 1 is 1.36 bits per heavy atom. The third kappa shape index (κ3) is 1.09. The zero-order valence-corrected chi connectivity index (χ0v) is 7.46. The number of piperidine rings is 1. The second-order valence-electron chi connectivity index (χ2n) is 4.34. The molecule has 1 aliphatic carbocycles. The van der Waals surface area contributed by atoms with E-state index in [9.17, 15) is 0 Å². The number of hydrogen-bond donors (Lipinski definition) is 1. The molecule has 1 heterocycles. The van der Waals surface area contributed by atoms with Gasteiger partial charge in [-0.3, -0.25) is 4.90 Å². The Morgan fingerprint density at radius 3 is 2.45 bits per heavy atom. The highest BCUT2D eigenvalue weighted by molar-refractivity contribution is 5.00. The quantitative estimate of drug-likeness (QED) is 0.606. The fraction of sp³-hybridized carbons (Fsp3) is 1.00. The minimum atomic E-state index is 0.509. The molecule has 3 atom stereocenters. The van der Waals surface area contributed by atoms with Crippen molar-refractivity contribution in [1.29, 1.82) is 0 Å². The van der Waals surface area contributed by atoms with Crippen LogP contribution in [0.4, 0.5) is 0 Å². The summed E-state index contributed by atoms with van der Waals surface area (Å²) in [5.74, 6) is 0.808. The highest BCUT2D eigenvalue weighted by Crippen LogP contribution is 2.37. The molecule has 2 N–H and O–H groups in total. The largest absolute Gasteiger partial charge is 0.327 e. The van der Waals surface area contributed by atoms with E-state index in [-0.39, 0.29) is 0 Å². The molecule has 0 aromatic rings. The molecule has 64 valence electrons. The van der Waals surface area contributed by atoms with Gasteiger partial charge in [-0.05, 0) is 32.6 Å². The van der Waals surface area contributed by atoms with Crippen LogP contribution in [-0.4, -0.2) is 29.6 Å². The fourth-order valence-corrected chi connectivity index (χ4v) is 2.66. The van der Waals surface area contributed by atoms with Gasteiger partial charge in [-0.2, -0.15) is 0 Å². The molecule has 1 aliphatic heterocycles. The van der Waals surface area contributed by atoms with Crippen LogP contribution in [0.25, 0.3) is 0 Å². The van der Waals surface area contributed by atoms with Gasteiger partial charge in [-0.25, -0.2) is 0 Å². The van der Waals surface area contributed by atoms with Crippen molar-refractivity contribution >= 4 is 0 Å². The van der Waals surface area contributed by atoms with Crippen molar-refractivity contribution < 1.29 is 0 Å². The summed E-state index contributed by atoms with van der Waals surface area (Å²) < 4.78 is 0. The molecule has 0 aromatic heterocycles. The number of fused-ring (bicyclic) bond motifs is 2. The second kappa shape index (κ2) is 2.46. The van der Waals surface area contributed by atoms with Crippen LogP contribution in [0.1, 0.15) is 26.7 Å². The average Bonchev–Trinajstić information content (AvgIpc) is 2.43. The number of rotatable bonds is 1. The molecular formula is C9H18N2. The van der Waals surface area contributed by atoms with Gasteiger partial charge < -0.3 is 5.73 Å². The normalized spacial score (nSPS) is 44.2. The van der Waals surface area contributed by atoms with Crippen molar-refractivity contribution in [1.82, 2.24) is 4.90 Å². The van der Waals surface area contributed by atoms with Gasteiger partial charge in [0.1, 0.15) is 0 Å². The first-order chi connectivity index (χ1) is 5.18. The van der Waals surface area contributed by atoms with E-state index in [1.807, 2.05) is 0 Å². The lowest BCUT2D eigenvalue weighted by Gasteiger charge is -2.32. The predicted octanol–water partition coefficient (Wildman–Crippen LogP) is 0.816. The van der Waals surface area contributed by atoms with Crippen molar-refractivity contribution in [2.24, 2.45) is 11.7 Å². The van der Waals surface area contributed by atoms with Crippen molar-refractivity contribution in [2.45, 2.75) is 44.8 Å². The van der Waals surface area contributed by atoms with Crippen molar-refractivity contribution in [2.75, 3.05) is 6.54 Å². The number of nitrogens with zero attached hydrogens (tertiary/aromatic N) is 1. The van der Waals surface area contributed by atoms with Gasteiger partial charge in [0.2, 0.25) is 0 Å². The van der Waals surface area contributed by atoms with Crippen LogP contribution in [0.15, 0.2) is 0 Å². The highest BCUT2D eigenvalue weighted by Gasteiger charge is 2.43. The molecule has 2 unspecified atom stereocenters. The Morgan fingerprint density at radius 2 is 2.09 bits per heavy atom. The maximum atomic E-state index is 5.96. The standard InChI is InChI=1S/C9H18N2/c1-6(2)11-5-7-3-8(11)4-9(7)10/h6-9H,3-5,10H2,1-2H3/t7?,8?,9-/m1/s1. The number of hydrogen-bond acceptors (Lipinski definition) is 2. The highest BCUT2D eigenvalue weighted by atomic mass is 15.2. The Labute approximate surface area is 68.7 Å². The Balaban J connectivity index is 2.02. The lowest BCUT2D eigenvalue weighted by Crippen LogP contribution is -2.44. The van der Waals surface area contributed by atoms with Crippen LogP contribution in [0, 0.1) is 5.92 Å². The van der Waals surface area contributed by atoms with Gasteiger partial charge >= 0.3 is 0 Å². The van der Waals surface area contributed by atoms with Crippen LogP contribution >= 0.6 is 0 Å². The van der Waals surface area contributed by atoms with E-state index in [1.165, 1.54) is 19.4 Å². The zero-order chi connectivity index (χ0) is 8.01. The van der Waals surface area contributed by atoms with Gasteiger partial charge in [-0.1, -0.05) is 0 Å². The van der Waals surface area contributed by atoms with Crippen LogP contribution in [-0.2, 0) is 0 Å². The van der Waals surface area contributed by atoms with Gasteiger partial charge in [0.15, 0.2) is 0 Å². The minimum absolute atomic E-state index is 0.509. The first-order valence-electron chi connectivity index (χ1n) is 4.70. The maximum Gasteiger partial charge on any atom is 0.0117 e. The van der Waals surface area contributed by atoms with Crippen molar-refractivity contribution in [3.05, 3.63) is 0 Å². The zero-order valence-electron chi connectivity index (χ0n) is 7.46. The molecule has 2 bridgehead atoms. The molecule has 2 heteroatoms. The van der Waals surface area contributed by atoms with Crippen molar-refractivity contribution in [3.8, 4) is 0 Å². The summed E-state index contributed by atoms with van der Waals surface area (Å²) in [5, 5.41) is 0. The van der Waals surface area contributed by atoms with Crippen LogP contribution in [0.3, 0.4) is 0 Å². The summed E-state index contributed by atoms with van der Waals surface area (Å²) in [6, 6.07) is 2.04. The van der Waals surface area contributed by atoms with Crippen LogP contribution in [0.5, 0.6) is 0 Å². The van der Waals surface area contributed by atoms with Gasteiger partial charge in [0, 0.05) is 24.7 Å². The summed E-state index contributed by atoms with van der Waals surface area (Å²) in [6.45, 7) is 5.82. The Bertz CT molecular complexity index is 154. The van der Waals surface area contributed by atoms with E-state index in [1.54, 1.807) is 0 Å². The predicted molar refractivity (Wildman–Crippen MR) is 46.3 cm³/mol. The molecule has 0 amide bonds. The van der Waals surface area contributed by atoms with E-state index in [4.69, 9.17) is 5.73 Å². The molecular weight excluding hydrogens is 136 g/mol. The molecule has 1 saturated heterocycles. The van der Waals surface area contributed by atoms with E-state index < -0.39 is 0 Å². The Hall–Kier alpha value is -0.0800. The Kier molecular flexibility index (Phi) is 1.69. The molecule has 0 spiro atoms. The second-order valence-corrected chi connectivity index (χ2v) is 4.34. The van der Waals surface area contributed by atoms with Gasteiger partial charge in [0.05, 0.1) is 0 Å². The minimum Gasteiger partial charge on any atom is -0.327 e. The van der Waals surface area contributed by atoms with E-state index in [2.05, 4.69) is 18.7 Å². The monoisotopic (exact) mass is 154 g/mol. The summed E-state index contributed by atoms with van der Waals surface area (Å²) in [7, 11) is 0. The molecule has 1 saturated carbocycles. The van der Waals surface area contributed by atoms with E-state index in [0.717, 1.165) is 18.0 Å². The summed E-state index contributed by atoms with van der Waals surface area (Å²) >= 11 is 0. The third-order valence-electron chi connectivity index (χ3n) is 3.30. The molecule has 2 rings (SSSR count). The number of likely N-dealkylation sites (tertiary alicyclic amines) is 1. The molecule has 0 aromatic carbocycles. The smallest absolute Gasteiger partial charge is 0.0117 e. The molecule has 2 nitrogen and oxygen atoms in total. The summed E-state index contributed by atoms with van der Waals surface area (Å²) in [4.78, 5) is 2.61. The van der Waals surface area contributed by atoms with Crippen LogP contribution < -0.4 is 5.73 Å². The number of nitrogens with two attached hydrogens (primary N) is 1. The topological polar surface area (TPSA) is 29.3 Å². The van der Waals surface area contributed by atoms with Crippen LogP contribution in [0.2, 0.25) is 0 Å². The lowest BCUT2D eigenvalue weighted by atomic mass is 10.0. The molecule has 0 radical (unpaired) electrons. The average molecular weight is 154 g/mol. The lowest BCUT2D eigenvalue weighted by molar-refractivity contribution is 0.160. The first kappa shape index (κ1) is 7.56. The first-order valence-corrected chi connectivity index (χ1v) is 4.70. The summed E-state index contributed by atoms with van der Waals surface area (Å²) in [5.41, 5.74) is 5.96. The SMILES string of the molecule is CC(C)N1CC2CC1C[C@H]2N. The third-order valence-corrected chi connectivity index (χ3v) is 3.30. The molecule has 2 aliphatic rings.